The molecule has 1 aliphatic heterocycles. The highest BCUT2D eigenvalue weighted by atomic mass is 35.5. The minimum atomic E-state index is -0.497. The molecule has 8 heteroatoms. The summed E-state index contributed by atoms with van der Waals surface area (Å²) in [6.45, 7) is 11.2. The third-order valence-electron chi connectivity index (χ3n) is 5.89. The SMILES string of the molecule is CCC1COC(c2cnn3c(NC(C)C(C)(C)C)c(-c4ccc(F)cc4Cl)cnc23)O1. The largest absolute Gasteiger partial charge is 0.366 e. The molecular formula is C23H28ClFN4O2. The molecule has 0 bridgehead atoms. The highest BCUT2D eigenvalue weighted by Crippen LogP contribution is 2.37. The van der Waals surface area contributed by atoms with Crippen molar-refractivity contribution < 1.29 is 13.9 Å². The summed E-state index contributed by atoms with van der Waals surface area (Å²) >= 11 is 6.39. The van der Waals surface area contributed by atoms with Crippen LogP contribution in [0.3, 0.4) is 0 Å². The molecule has 6 nitrogen and oxygen atoms in total. The van der Waals surface area contributed by atoms with Crippen molar-refractivity contribution in [3.05, 3.63) is 47.0 Å². The highest BCUT2D eigenvalue weighted by Gasteiger charge is 2.30. The van der Waals surface area contributed by atoms with Crippen LogP contribution in [0.5, 0.6) is 0 Å². The van der Waals surface area contributed by atoms with E-state index in [4.69, 9.17) is 21.1 Å². The standard InChI is InChI=1S/C23H28ClFN4O2/c1-6-15-12-30-22(31-15)18-11-27-29-20(18)26-10-17(16-8-7-14(25)9-19(16)24)21(29)28-13(2)23(3,4)5/h7-11,13,15,22,28H,6,12H2,1-5H3. The van der Waals surface area contributed by atoms with Gasteiger partial charge in [-0.3, -0.25) is 0 Å². The molecule has 0 spiro atoms. The Balaban J connectivity index is 1.85. The lowest BCUT2D eigenvalue weighted by molar-refractivity contribution is -0.0595. The number of anilines is 1. The Bertz CT molecular complexity index is 1100. The van der Waals surface area contributed by atoms with E-state index in [1.54, 1.807) is 23.0 Å². The van der Waals surface area contributed by atoms with Crippen LogP contribution in [-0.4, -0.2) is 33.4 Å². The Morgan fingerprint density at radius 2 is 2.06 bits per heavy atom. The van der Waals surface area contributed by atoms with Gasteiger partial charge in [-0.2, -0.15) is 9.61 Å². The smallest absolute Gasteiger partial charge is 0.189 e. The topological polar surface area (TPSA) is 60.7 Å². The molecule has 31 heavy (non-hydrogen) atoms. The first-order valence-corrected chi connectivity index (χ1v) is 10.9. The first kappa shape index (κ1) is 22.0. The molecule has 0 radical (unpaired) electrons. The first-order valence-electron chi connectivity index (χ1n) is 10.5. The van der Waals surface area contributed by atoms with Gasteiger partial charge in [0.15, 0.2) is 11.9 Å². The summed E-state index contributed by atoms with van der Waals surface area (Å²) in [5.41, 5.74) is 2.83. The van der Waals surface area contributed by atoms with E-state index in [0.29, 0.717) is 22.8 Å². The minimum Gasteiger partial charge on any atom is -0.366 e. The lowest BCUT2D eigenvalue weighted by Gasteiger charge is -2.30. The zero-order chi connectivity index (χ0) is 22.3. The van der Waals surface area contributed by atoms with Crippen LogP contribution in [0.15, 0.2) is 30.6 Å². The van der Waals surface area contributed by atoms with Crippen molar-refractivity contribution in [2.24, 2.45) is 5.41 Å². The predicted octanol–water partition coefficient (Wildman–Crippen LogP) is 5.86. The number of nitrogens with zero attached hydrogens (tertiary/aromatic N) is 3. The van der Waals surface area contributed by atoms with Crippen LogP contribution in [0, 0.1) is 11.2 Å². The second-order valence-electron chi connectivity index (χ2n) is 9.04. The molecule has 3 unspecified atom stereocenters. The van der Waals surface area contributed by atoms with Gasteiger partial charge in [-0.05, 0) is 37.0 Å². The summed E-state index contributed by atoms with van der Waals surface area (Å²) in [5.74, 6) is 0.347. The molecule has 3 aromatic rings. The Kier molecular flexibility index (Phi) is 5.94. The zero-order valence-corrected chi connectivity index (χ0v) is 19.2. The zero-order valence-electron chi connectivity index (χ0n) is 18.4. The molecule has 3 heterocycles. The number of ether oxygens (including phenoxy) is 2. The van der Waals surface area contributed by atoms with Crippen LogP contribution in [0.1, 0.15) is 52.9 Å². The average Bonchev–Trinajstić information content (AvgIpc) is 3.34. The van der Waals surface area contributed by atoms with E-state index in [2.05, 4.69) is 50.0 Å². The second-order valence-corrected chi connectivity index (χ2v) is 9.45. The van der Waals surface area contributed by atoms with Crippen LogP contribution in [0.25, 0.3) is 16.8 Å². The molecule has 0 aliphatic carbocycles. The number of benzene rings is 1. The normalized spacial score (nSPS) is 20.4. The summed E-state index contributed by atoms with van der Waals surface area (Å²) in [4.78, 5) is 4.65. The van der Waals surface area contributed by atoms with E-state index in [9.17, 15) is 4.39 Å². The highest BCUT2D eigenvalue weighted by molar-refractivity contribution is 6.33. The van der Waals surface area contributed by atoms with Gasteiger partial charge < -0.3 is 14.8 Å². The molecule has 4 rings (SSSR count). The van der Waals surface area contributed by atoms with Gasteiger partial charge in [0.1, 0.15) is 11.6 Å². The number of rotatable bonds is 5. The quantitative estimate of drug-likeness (QED) is 0.532. The number of hydrogen-bond donors (Lipinski definition) is 1. The summed E-state index contributed by atoms with van der Waals surface area (Å²) in [7, 11) is 0. The molecule has 2 aromatic heterocycles. The van der Waals surface area contributed by atoms with Crippen molar-refractivity contribution in [1.82, 2.24) is 14.6 Å². The van der Waals surface area contributed by atoms with Crippen LogP contribution >= 0.6 is 11.6 Å². The lowest BCUT2D eigenvalue weighted by Crippen LogP contribution is -2.32. The van der Waals surface area contributed by atoms with Crippen LogP contribution < -0.4 is 5.32 Å². The third-order valence-corrected chi connectivity index (χ3v) is 6.20. The third kappa shape index (κ3) is 4.27. The Labute approximate surface area is 186 Å². The maximum absolute atomic E-state index is 13.7. The monoisotopic (exact) mass is 446 g/mol. The van der Waals surface area contributed by atoms with Gasteiger partial charge in [-0.25, -0.2) is 9.37 Å². The molecule has 1 N–H and O–H groups in total. The average molecular weight is 447 g/mol. The van der Waals surface area contributed by atoms with E-state index in [1.165, 1.54) is 12.1 Å². The predicted molar refractivity (Wildman–Crippen MR) is 120 cm³/mol. The van der Waals surface area contributed by atoms with Gasteiger partial charge in [-0.1, -0.05) is 39.3 Å². The Morgan fingerprint density at radius 1 is 1.29 bits per heavy atom. The van der Waals surface area contributed by atoms with Crippen molar-refractivity contribution in [1.29, 1.82) is 0 Å². The van der Waals surface area contributed by atoms with E-state index in [0.717, 1.165) is 23.4 Å². The molecule has 3 atom stereocenters. The fourth-order valence-electron chi connectivity index (χ4n) is 3.41. The number of aromatic nitrogens is 3. The summed E-state index contributed by atoms with van der Waals surface area (Å²) in [6.07, 6.45) is 3.92. The van der Waals surface area contributed by atoms with Crippen molar-refractivity contribution >= 4 is 23.1 Å². The van der Waals surface area contributed by atoms with Crippen LogP contribution in [-0.2, 0) is 9.47 Å². The van der Waals surface area contributed by atoms with Gasteiger partial charge in [-0.15, -0.1) is 0 Å². The maximum atomic E-state index is 13.7. The Hall–Kier alpha value is -2.22. The maximum Gasteiger partial charge on any atom is 0.189 e. The second kappa shape index (κ2) is 8.37. The fraction of sp³-hybridized carbons (Fsp3) is 0.478. The molecular weight excluding hydrogens is 419 g/mol. The van der Waals surface area contributed by atoms with Crippen LogP contribution in [0.4, 0.5) is 10.2 Å². The van der Waals surface area contributed by atoms with Gasteiger partial charge in [0.25, 0.3) is 0 Å². The molecule has 1 fully saturated rings. The molecule has 0 amide bonds. The molecule has 1 aromatic carbocycles. The van der Waals surface area contributed by atoms with E-state index < -0.39 is 6.29 Å². The lowest BCUT2D eigenvalue weighted by atomic mass is 9.88. The van der Waals surface area contributed by atoms with Gasteiger partial charge in [0.2, 0.25) is 0 Å². The Morgan fingerprint density at radius 3 is 2.71 bits per heavy atom. The van der Waals surface area contributed by atoms with Crippen molar-refractivity contribution in [3.63, 3.8) is 0 Å². The van der Waals surface area contributed by atoms with E-state index in [1.807, 2.05) is 0 Å². The number of nitrogens with one attached hydrogen (secondary N) is 1. The molecule has 1 aliphatic rings. The van der Waals surface area contributed by atoms with Gasteiger partial charge in [0, 0.05) is 23.4 Å². The minimum absolute atomic E-state index is 0.0124. The summed E-state index contributed by atoms with van der Waals surface area (Å²) in [5, 5.41) is 8.49. The van der Waals surface area contributed by atoms with E-state index >= 15 is 0 Å². The molecule has 166 valence electrons. The molecule has 0 saturated carbocycles. The number of halogens is 2. The first-order chi connectivity index (χ1) is 14.7. The summed E-state index contributed by atoms with van der Waals surface area (Å²) < 4.78 is 27.2. The fourth-order valence-corrected chi connectivity index (χ4v) is 3.67. The van der Waals surface area contributed by atoms with Gasteiger partial charge >= 0.3 is 0 Å². The van der Waals surface area contributed by atoms with Crippen molar-refractivity contribution in [2.75, 3.05) is 11.9 Å². The van der Waals surface area contributed by atoms with E-state index in [-0.39, 0.29) is 23.4 Å². The number of hydrogen-bond acceptors (Lipinski definition) is 5. The van der Waals surface area contributed by atoms with Crippen molar-refractivity contribution in [2.45, 2.75) is 59.5 Å². The van der Waals surface area contributed by atoms with Gasteiger partial charge in [0.05, 0.1) is 29.5 Å². The number of fused-ring (bicyclic) bond motifs is 1. The summed E-state index contributed by atoms with van der Waals surface area (Å²) in [6, 6.07) is 4.46. The van der Waals surface area contributed by atoms with Crippen LogP contribution in [0.2, 0.25) is 5.02 Å². The van der Waals surface area contributed by atoms with Crippen molar-refractivity contribution in [3.8, 4) is 11.1 Å². The molecule has 1 saturated heterocycles.